The number of unbranched alkanes of at least 4 members (excludes halogenated alkanes) is 30. The number of benzene rings is 7. The molecule has 0 radical (unpaired) electrons. The van der Waals surface area contributed by atoms with Gasteiger partial charge in [0.2, 0.25) is 11.5 Å². The molecule has 12 nitrogen and oxygen atoms in total. The molecule has 0 unspecified atom stereocenters. The van der Waals surface area contributed by atoms with Crippen molar-refractivity contribution in [2.24, 2.45) is 0 Å². The Labute approximate surface area is 590 Å². The maximum Gasteiger partial charge on any atom is 0.256 e. The van der Waals surface area contributed by atoms with Crippen molar-refractivity contribution in [2.45, 2.75) is 273 Å². The van der Waals surface area contributed by atoms with Crippen molar-refractivity contribution in [3.63, 3.8) is 0 Å². The molecule has 0 aromatic heterocycles. The first-order valence-corrected chi connectivity index (χ1v) is 39.0. The number of ether oxygens (including phenoxy) is 8. The van der Waals surface area contributed by atoms with Crippen LogP contribution in [0.15, 0.2) is 84.9 Å². The second-order valence-corrected chi connectivity index (χ2v) is 27.1. The molecule has 7 rings (SSSR count). The molecule has 98 heavy (non-hydrogen) atoms. The normalized spacial score (nSPS) is 11.4. The van der Waals surface area contributed by atoms with Crippen LogP contribution < -0.4 is 48.5 Å². The average molecular weight is 1350 g/mol. The lowest BCUT2D eigenvalue weighted by Crippen LogP contribution is -2.14. The Kier molecular flexibility index (Phi) is 36.4. The molecule has 0 aliphatic rings. The van der Waals surface area contributed by atoms with Gasteiger partial charge in [-0.3, -0.25) is 9.59 Å². The number of rotatable bonds is 54. The van der Waals surface area contributed by atoms with Crippen molar-refractivity contribution in [1.29, 1.82) is 0 Å². The highest BCUT2D eigenvalue weighted by atomic mass is 16.6. The van der Waals surface area contributed by atoms with E-state index >= 15 is 9.59 Å². The molecule has 538 valence electrons. The number of amides is 2. The van der Waals surface area contributed by atoms with Crippen LogP contribution in [0.4, 0.5) is 11.4 Å². The Morgan fingerprint density at radius 2 is 0.510 bits per heavy atom. The van der Waals surface area contributed by atoms with Crippen LogP contribution in [0, 0.1) is 0 Å². The molecule has 0 aliphatic heterocycles. The summed E-state index contributed by atoms with van der Waals surface area (Å²) in [6, 6.07) is 27.5. The van der Waals surface area contributed by atoms with Crippen molar-refractivity contribution in [2.75, 3.05) is 64.5 Å². The molecule has 0 saturated carbocycles. The van der Waals surface area contributed by atoms with Gasteiger partial charge in [0, 0.05) is 68.3 Å². The van der Waals surface area contributed by atoms with Gasteiger partial charge in [-0.25, -0.2) is 0 Å². The Hall–Kier alpha value is -7.08. The van der Waals surface area contributed by atoms with Crippen LogP contribution in [0.25, 0.3) is 43.1 Å². The molecular formula is C86H124N2O10. The smallest absolute Gasteiger partial charge is 0.256 e. The van der Waals surface area contributed by atoms with E-state index in [4.69, 9.17) is 37.9 Å². The summed E-state index contributed by atoms with van der Waals surface area (Å²) in [5, 5.41) is 12.9. The van der Waals surface area contributed by atoms with Crippen LogP contribution in [0.1, 0.15) is 293 Å². The highest BCUT2D eigenvalue weighted by Crippen LogP contribution is 2.50. The zero-order valence-corrected chi connectivity index (χ0v) is 61.9. The maximum absolute atomic E-state index is 15.4. The van der Waals surface area contributed by atoms with Gasteiger partial charge in [0.05, 0.1) is 53.9 Å². The fourth-order valence-corrected chi connectivity index (χ4v) is 13.5. The molecule has 0 atom stereocenters. The fourth-order valence-electron chi connectivity index (χ4n) is 13.5. The van der Waals surface area contributed by atoms with Gasteiger partial charge in [-0.15, -0.1) is 0 Å². The Morgan fingerprint density at radius 3 is 0.765 bits per heavy atom. The zero-order valence-electron chi connectivity index (χ0n) is 61.9. The SMILES string of the molecule is CCCCCCCCOc1cc(NC(=O)c2cc3c(OC)c(OC)c4cc(C(=O)Nc5cc(OCCCCCCCC)c(OCCCCCCCC)c(OCCCCCCCC)c5)c5ccccc5c4c3c3ccccc23)cc(OCCCCCCCC)c1OCCCCCCCC. The van der Waals surface area contributed by atoms with Crippen LogP contribution in [-0.4, -0.2) is 65.7 Å². The lowest BCUT2D eigenvalue weighted by Gasteiger charge is -2.21. The molecule has 0 spiro atoms. The molecule has 0 fully saturated rings. The van der Waals surface area contributed by atoms with E-state index in [9.17, 15) is 0 Å². The number of carbonyl (C=O) groups excluding carboxylic acids is 2. The van der Waals surface area contributed by atoms with Crippen molar-refractivity contribution in [3.05, 3.63) is 96.1 Å². The van der Waals surface area contributed by atoms with Gasteiger partial charge in [0.15, 0.2) is 34.5 Å². The highest BCUT2D eigenvalue weighted by molar-refractivity contribution is 6.34. The zero-order chi connectivity index (χ0) is 69.4. The van der Waals surface area contributed by atoms with Gasteiger partial charge in [-0.1, -0.05) is 283 Å². The van der Waals surface area contributed by atoms with Gasteiger partial charge in [0.1, 0.15) is 0 Å². The molecule has 7 aromatic carbocycles. The predicted octanol–water partition coefficient (Wildman–Crippen LogP) is 25.3. The molecule has 2 amide bonds. The van der Waals surface area contributed by atoms with E-state index in [1.807, 2.05) is 72.8 Å². The van der Waals surface area contributed by atoms with E-state index in [1.54, 1.807) is 14.2 Å². The summed E-state index contributed by atoms with van der Waals surface area (Å²) >= 11 is 0. The first kappa shape index (κ1) is 78.3. The average Bonchev–Trinajstić information content (AvgIpc) is 0.710. The number of methoxy groups -OCH3 is 2. The topological polar surface area (TPSA) is 132 Å². The van der Waals surface area contributed by atoms with Crippen molar-refractivity contribution >= 4 is 66.3 Å². The number of anilines is 2. The van der Waals surface area contributed by atoms with Crippen LogP contribution in [0.2, 0.25) is 0 Å². The van der Waals surface area contributed by atoms with Crippen LogP contribution in [0.3, 0.4) is 0 Å². The first-order chi connectivity index (χ1) is 48.2. The summed E-state index contributed by atoms with van der Waals surface area (Å²) < 4.78 is 52.9. The number of hydrogen-bond acceptors (Lipinski definition) is 10. The third-order valence-electron chi connectivity index (χ3n) is 19.0. The van der Waals surface area contributed by atoms with Gasteiger partial charge in [0.25, 0.3) is 11.8 Å². The minimum Gasteiger partial charge on any atom is -0.492 e. The molecule has 0 heterocycles. The molecule has 12 heteroatoms. The van der Waals surface area contributed by atoms with E-state index in [0.717, 1.165) is 109 Å². The minimum atomic E-state index is -0.310. The number of hydrogen-bond donors (Lipinski definition) is 2. The van der Waals surface area contributed by atoms with Crippen molar-refractivity contribution in [1.82, 2.24) is 0 Å². The van der Waals surface area contributed by atoms with E-state index in [1.165, 1.54) is 154 Å². The van der Waals surface area contributed by atoms with E-state index in [-0.39, 0.29) is 11.8 Å². The molecular weight excluding hydrogens is 1220 g/mol. The third-order valence-corrected chi connectivity index (χ3v) is 19.0. The second-order valence-electron chi connectivity index (χ2n) is 27.1. The largest absolute Gasteiger partial charge is 0.492 e. The van der Waals surface area contributed by atoms with Crippen LogP contribution in [0.5, 0.6) is 46.0 Å². The summed E-state index contributed by atoms with van der Waals surface area (Å²) in [7, 11) is 3.25. The molecule has 2 N–H and O–H groups in total. The predicted molar refractivity (Wildman–Crippen MR) is 412 cm³/mol. The highest BCUT2D eigenvalue weighted by Gasteiger charge is 2.27. The summed E-state index contributed by atoms with van der Waals surface area (Å²) in [6.45, 7) is 16.6. The molecule has 0 saturated heterocycles. The standard InChI is InChI=1S/C86H124N2O10/c1-9-15-21-27-33-43-53-93-75-59-65(60-76(94-54-44-34-28-22-16-10-2)83(75)97-57-47-37-31-25-19-13-5)87-85(89)71-63-73-79(69-51-41-39-49-67(69)71)80-70-52-42-40-50-68(70)72(64-74(80)82(92-8)81(73)91-7)86(90)88-66-61-77(95-55-45-35-29-23-17-11-3)84(98-58-48-38-32-26-20-14-6)78(62-66)96-56-46-36-30-24-18-12-4/h39-42,49-52,59-64H,9-38,43-48,53-58H2,1-8H3,(H,87,89)(H,88,90). The number of nitrogens with one attached hydrogen (secondary N) is 2. The van der Waals surface area contributed by atoms with Gasteiger partial charge < -0.3 is 48.5 Å². The minimum absolute atomic E-state index is 0.310. The monoisotopic (exact) mass is 1340 g/mol. The summed E-state index contributed by atoms with van der Waals surface area (Å²) in [5.74, 6) is 3.72. The molecule has 0 bridgehead atoms. The Bertz CT molecular complexity index is 3160. The summed E-state index contributed by atoms with van der Waals surface area (Å²) in [6.07, 6.45) is 41.0. The van der Waals surface area contributed by atoms with Crippen molar-refractivity contribution in [3.8, 4) is 46.0 Å². The Morgan fingerprint density at radius 1 is 0.276 bits per heavy atom. The number of fused-ring (bicyclic) bond motifs is 7. The maximum atomic E-state index is 15.4. The lowest BCUT2D eigenvalue weighted by atomic mass is 9.88. The van der Waals surface area contributed by atoms with Gasteiger partial charge in [-0.05, 0) is 72.2 Å². The molecule has 7 aromatic rings. The molecule has 0 aliphatic carbocycles. The van der Waals surface area contributed by atoms with Crippen molar-refractivity contribution < 1.29 is 47.5 Å². The van der Waals surface area contributed by atoms with Gasteiger partial charge in [-0.2, -0.15) is 0 Å². The van der Waals surface area contributed by atoms with E-state index < -0.39 is 0 Å². The third kappa shape index (κ3) is 24.1. The second kappa shape index (κ2) is 45.6. The van der Waals surface area contributed by atoms with Crippen LogP contribution >= 0.6 is 0 Å². The van der Waals surface area contributed by atoms with Gasteiger partial charge >= 0.3 is 0 Å². The fraction of sp³-hybridized carbons (Fsp3) is 0.581. The van der Waals surface area contributed by atoms with Crippen LogP contribution in [-0.2, 0) is 0 Å². The van der Waals surface area contributed by atoms with E-state index in [0.29, 0.717) is 119 Å². The Balaban J connectivity index is 1.28. The first-order valence-electron chi connectivity index (χ1n) is 39.0. The quantitative estimate of drug-likeness (QED) is 0.0281. The summed E-state index contributed by atoms with van der Waals surface area (Å²) in [4.78, 5) is 30.8. The van der Waals surface area contributed by atoms with E-state index in [2.05, 4.69) is 64.3 Å². The summed E-state index contributed by atoms with van der Waals surface area (Å²) in [5.41, 5.74) is 1.99. The number of carbonyl (C=O) groups is 2. The lowest BCUT2D eigenvalue weighted by molar-refractivity contribution is 0.102.